The summed E-state index contributed by atoms with van der Waals surface area (Å²) in [4.78, 5) is 2.41. The maximum absolute atomic E-state index is 12.9. The van der Waals surface area contributed by atoms with E-state index in [-0.39, 0.29) is 17.4 Å². The van der Waals surface area contributed by atoms with Gasteiger partial charge < -0.3 is 13.9 Å². The van der Waals surface area contributed by atoms with Crippen molar-refractivity contribution >= 4 is 41.6 Å². The molecule has 0 fully saturated rings. The molecule has 0 aromatic heterocycles. The molecule has 1 heterocycles. The molecule has 1 N–H and O–H groups in total. The van der Waals surface area contributed by atoms with Crippen LogP contribution in [0.15, 0.2) is 41.3 Å². The second kappa shape index (κ2) is 11.6. The summed E-state index contributed by atoms with van der Waals surface area (Å²) in [6.07, 6.45) is 0.494. The number of rotatable bonds is 10. The molecule has 32 heavy (non-hydrogen) atoms. The lowest BCUT2D eigenvalue weighted by Gasteiger charge is -2.33. The van der Waals surface area contributed by atoms with Crippen molar-refractivity contribution in [1.29, 1.82) is 0 Å². The molecule has 0 aliphatic carbocycles. The van der Waals surface area contributed by atoms with E-state index in [4.69, 9.17) is 32.2 Å². The molecular formula is C22H29Cl2N2O4PS. The van der Waals surface area contributed by atoms with E-state index in [1.165, 1.54) is 0 Å². The van der Waals surface area contributed by atoms with E-state index < -0.39 is 18.4 Å². The molecule has 0 spiro atoms. The zero-order valence-corrected chi connectivity index (χ0v) is 21.7. The Morgan fingerprint density at radius 3 is 2.56 bits per heavy atom. The average Bonchev–Trinajstić information content (AvgIpc) is 2.74. The van der Waals surface area contributed by atoms with Crippen LogP contribution in [0.3, 0.4) is 0 Å². The number of likely N-dealkylation sites (N-methyl/N-ethyl adjacent to an activating group) is 1. The summed E-state index contributed by atoms with van der Waals surface area (Å²) in [6, 6.07) is 10.8. The van der Waals surface area contributed by atoms with Crippen LogP contribution in [-0.4, -0.2) is 52.8 Å². The fourth-order valence-corrected chi connectivity index (χ4v) is 6.85. The van der Waals surface area contributed by atoms with E-state index in [1.807, 2.05) is 33.0 Å². The Labute approximate surface area is 202 Å². The van der Waals surface area contributed by atoms with Gasteiger partial charge in [0.15, 0.2) is 8.38 Å². The number of benzene rings is 2. The minimum Gasteiger partial charge on any atom is -0.334 e. The van der Waals surface area contributed by atoms with Gasteiger partial charge in [-0.05, 0) is 61.9 Å². The highest BCUT2D eigenvalue weighted by Gasteiger charge is 2.28. The van der Waals surface area contributed by atoms with Crippen molar-refractivity contribution in [2.45, 2.75) is 31.2 Å². The first kappa shape index (κ1) is 25.9. The highest BCUT2D eigenvalue weighted by molar-refractivity contribution is 7.89. The number of nitrogens with one attached hydrogen (secondary N) is 1. The predicted molar refractivity (Wildman–Crippen MR) is 131 cm³/mol. The van der Waals surface area contributed by atoms with Crippen LogP contribution in [0.5, 0.6) is 0 Å². The van der Waals surface area contributed by atoms with Crippen LogP contribution in [0.2, 0.25) is 10.0 Å². The SMILES string of the molecule is CCOP(CCNS(=O)(=O)c1cccc(C2CN(C)Cc3c(Cl)cc(Cl)cc32)c1)OCC. The lowest BCUT2D eigenvalue weighted by molar-refractivity contribution is 0.269. The molecule has 0 bridgehead atoms. The third-order valence-electron chi connectivity index (χ3n) is 5.20. The van der Waals surface area contributed by atoms with E-state index in [2.05, 4.69) is 9.62 Å². The van der Waals surface area contributed by atoms with Crippen LogP contribution in [-0.2, 0) is 25.6 Å². The summed E-state index contributed by atoms with van der Waals surface area (Å²) in [5, 5.41) is 1.21. The molecule has 0 saturated heterocycles. The zero-order chi connectivity index (χ0) is 23.3. The quantitative estimate of drug-likeness (QED) is 0.436. The number of hydrogen-bond acceptors (Lipinski definition) is 5. The molecule has 176 valence electrons. The predicted octanol–water partition coefficient (Wildman–Crippen LogP) is 5.23. The molecule has 2 aromatic carbocycles. The van der Waals surface area contributed by atoms with Gasteiger partial charge in [-0.2, -0.15) is 0 Å². The smallest absolute Gasteiger partial charge is 0.240 e. The van der Waals surface area contributed by atoms with Crippen LogP contribution in [0, 0.1) is 0 Å². The Bertz CT molecular complexity index is 1030. The van der Waals surface area contributed by atoms with Gasteiger partial charge in [-0.25, -0.2) is 13.1 Å². The number of sulfonamides is 1. The second-order valence-corrected chi connectivity index (χ2v) is 11.8. The summed E-state index contributed by atoms with van der Waals surface area (Å²) in [5.41, 5.74) is 2.98. The number of fused-ring (bicyclic) bond motifs is 1. The molecule has 0 amide bonds. The van der Waals surface area contributed by atoms with Gasteiger partial charge in [0.1, 0.15) is 0 Å². The lowest BCUT2D eigenvalue weighted by atomic mass is 9.85. The van der Waals surface area contributed by atoms with Crippen molar-refractivity contribution in [2.75, 3.05) is 39.5 Å². The summed E-state index contributed by atoms with van der Waals surface area (Å²) in [7, 11) is -2.74. The molecular weight excluding hydrogens is 490 g/mol. The Morgan fingerprint density at radius 2 is 1.88 bits per heavy atom. The molecule has 1 aliphatic heterocycles. The van der Waals surface area contributed by atoms with Crippen LogP contribution in [0.4, 0.5) is 0 Å². The lowest BCUT2D eigenvalue weighted by Crippen LogP contribution is -2.31. The number of halogens is 2. The molecule has 1 atom stereocenters. The van der Waals surface area contributed by atoms with Gasteiger partial charge in [0, 0.05) is 41.8 Å². The summed E-state index contributed by atoms with van der Waals surface area (Å²) >= 11 is 12.7. The molecule has 1 aliphatic rings. The Morgan fingerprint density at radius 1 is 1.16 bits per heavy atom. The fourth-order valence-electron chi connectivity index (χ4n) is 3.84. The molecule has 0 saturated carbocycles. The maximum Gasteiger partial charge on any atom is 0.240 e. The van der Waals surface area contributed by atoms with Gasteiger partial charge in [-0.15, -0.1) is 0 Å². The molecule has 2 aromatic rings. The summed E-state index contributed by atoms with van der Waals surface area (Å²) in [5.74, 6) is -0.0288. The van der Waals surface area contributed by atoms with Crippen LogP contribution in [0.1, 0.15) is 36.5 Å². The largest absolute Gasteiger partial charge is 0.334 e. The number of nitrogens with zero attached hydrogens (tertiary/aromatic N) is 1. The van der Waals surface area contributed by atoms with Gasteiger partial charge in [0.2, 0.25) is 10.0 Å². The maximum atomic E-state index is 12.9. The summed E-state index contributed by atoms with van der Waals surface area (Å²) < 4.78 is 39.7. The normalized spacial score (nSPS) is 17.0. The first-order valence-corrected chi connectivity index (χ1v) is 14.1. The van der Waals surface area contributed by atoms with Crippen LogP contribution >= 0.6 is 31.6 Å². The average molecular weight is 519 g/mol. The molecule has 0 radical (unpaired) electrons. The van der Waals surface area contributed by atoms with E-state index in [0.717, 1.165) is 29.8 Å². The van der Waals surface area contributed by atoms with Crippen molar-refractivity contribution < 1.29 is 17.5 Å². The highest BCUT2D eigenvalue weighted by Crippen LogP contribution is 2.39. The summed E-state index contributed by atoms with van der Waals surface area (Å²) in [6.45, 7) is 6.57. The van der Waals surface area contributed by atoms with Gasteiger partial charge >= 0.3 is 0 Å². The topological polar surface area (TPSA) is 67.9 Å². The second-order valence-electron chi connectivity index (χ2n) is 7.57. The zero-order valence-electron chi connectivity index (χ0n) is 18.5. The fraction of sp³-hybridized carbons (Fsp3) is 0.455. The minimum absolute atomic E-state index is 0.0288. The first-order chi connectivity index (χ1) is 15.2. The third-order valence-corrected chi connectivity index (χ3v) is 8.89. The Balaban J connectivity index is 1.81. The van der Waals surface area contributed by atoms with E-state index >= 15 is 0 Å². The van der Waals surface area contributed by atoms with Crippen LogP contribution in [0.25, 0.3) is 0 Å². The van der Waals surface area contributed by atoms with Gasteiger partial charge in [0.25, 0.3) is 0 Å². The molecule has 3 rings (SSSR count). The van der Waals surface area contributed by atoms with E-state index in [9.17, 15) is 8.42 Å². The van der Waals surface area contributed by atoms with Crippen molar-refractivity contribution in [3.8, 4) is 0 Å². The van der Waals surface area contributed by atoms with Crippen molar-refractivity contribution in [3.05, 3.63) is 63.1 Å². The van der Waals surface area contributed by atoms with Gasteiger partial charge in [-0.1, -0.05) is 35.3 Å². The Hall–Kier alpha value is -0.760. The standard InChI is InChI=1S/C22H29Cl2N2O4PS/c1-4-29-31(30-5-2)10-9-25-32(27,28)18-8-6-7-16(11-18)20-14-26(3)15-21-19(20)12-17(23)13-22(21)24/h6-8,11-13,20,25H,4-5,9-10,14-15H2,1-3H3. The minimum atomic E-state index is -3.67. The third kappa shape index (κ3) is 6.43. The monoisotopic (exact) mass is 518 g/mol. The van der Waals surface area contributed by atoms with Gasteiger partial charge in [0.05, 0.1) is 18.1 Å². The van der Waals surface area contributed by atoms with Gasteiger partial charge in [-0.3, -0.25) is 0 Å². The van der Waals surface area contributed by atoms with Crippen molar-refractivity contribution in [1.82, 2.24) is 9.62 Å². The first-order valence-electron chi connectivity index (χ1n) is 10.5. The highest BCUT2D eigenvalue weighted by atomic mass is 35.5. The molecule has 1 unspecified atom stereocenters. The molecule has 6 nitrogen and oxygen atoms in total. The van der Waals surface area contributed by atoms with E-state index in [0.29, 0.717) is 29.4 Å². The number of hydrogen-bond donors (Lipinski definition) is 1. The van der Waals surface area contributed by atoms with E-state index in [1.54, 1.807) is 24.3 Å². The Kier molecular flexibility index (Phi) is 9.36. The van der Waals surface area contributed by atoms with Crippen molar-refractivity contribution in [3.63, 3.8) is 0 Å². The molecule has 10 heteroatoms. The van der Waals surface area contributed by atoms with Crippen LogP contribution < -0.4 is 4.72 Å². The van der Waals surface area contributed by atoms with Crippen molar-refractivity contribution in [2.24, 2.45) is 0 Å².